The lowest BCUT2D eigenvalue weighted by atomic mass is 9.94. The molecule has 0 aliphatic carbocycles. The second kappa shape index (κ2) is 34.7. The number of likely N-dealkylation sites (N-methyl/N-ethyl adjacent to an activating group) is 2. The zero-order valence-electron chi connectivity index (χ0n) is 40.8. The van der Waals surface area contributed by atoms with Crippen molar-refractivity contribution in [1.29, 1.82) is 0 Å². The molecule has 394 valence electrons. The number of thiocarbonyl (C=S) groups is 1. The van der Waals surface area contributed by atoms with Gasteiger partial charge in [-0.2, -0.15) is 0 Å². The number of nitrogens with zero attached hydrogens (tertiary/aromatic N) is 4. The molecule has 1 unspecified atom stereocenters. The van der Waals surface area contributed by atoms with Crippen LogP contribution in [0.25, 0.3) is 0 Å². The van der Waals surface area contributed by atoms with Gasteiger partial charge in [0.2, 0.25) is 5.91 Å². The quantitative estimate of drug-likeness (QED) is 0.0365. The number of aliphatic carboxylic acids is 5. The van der Waals surface area contributed by atoms with E-state index in [2.05, 4.69) is 50.2 Å². The predicted octanol–water partition coefficient (Wildman–Crippen LogP) is 2.22. The Morgan fingerprint density at radius 1 is 0.629 bits per heavy atom. The number of Topliss-reactive ketones (excluding diaryl/α,β-unsaturated/α-hetero) is 1. The Bertz CT molecular complexity index is 1830. The molecule has 3 amide bonds. The summed E-state index contributed by atoms with van der Waals surface area (Å²) in [5, 5.41) is 61.1. The summed E-state index contributed by atoms with van der Waals surface area (Å²) >= 11 is 5.52. The van der Waals surface area contributed by atoms with Gasteiger partial charge < -0.3 is 61.9 Å². The fourth-order valence-corrected chi connectivity index (χ4v) is 8.23. The van der Waals surface area contributed by atoms with Gasteiger partial charge in [-0.3, -0.25) is 38.6 Å². The fourth-order valence-electron chi connectivity index (χ4n) is 8.01. The first-order valence-corrected chi connectivity index (χ1v) is 24.8. The number of amides is 3. The highest BCUT2D eigenvalue weighted by Crippen LogP contribution is 2.18. The number of urea groups is 1. The highest BCUT2D eigenvalue weighted by molar-refractivity contribution is 7.80. The molecule has 23 heteroatoms. The van der Waals surface area contributed by atoms with Gasteiger partial charge in [0.15, 0.2) is 5.11 Å². The molecule has 1 aromatic carbocycles. The second-order valence-corrected chi connectivity index (χ2v) is 18.0. The van der Waals surface area contributed by atoms with Crippen molar-refractivity contribution in [2.75, 3.05) is 96.9 Å². The van der Waals surface area contributed by atoms with E-state index in [0.29, 0.717) is 76.4 Å². The average molecular weight is 1010 g/mol. The molecule has 1 aromatic rings. The first kappa shape index (κ1) is 60.6. The molecule has 70 heavy (non-hydrogen) atoms. The van der Waals surface area contributed by atoms with Crippen molar-refractivity contribution in [1.82, 2.24) is 40.9 Å². The minimum atomic E-state index is -1.25. The topological polar surface area (TPSA) is 311 Å². The Kier molecular flexibility index (Phi) is 30.1. The van der Waals surface area contributed by atoms with Gasteiger partial charge in [0.25, 0.3) is 0 Å². The van der Waals surface area contributed by atoms with Crippen molar-refractivity contribution in [3.8, 4) is 0 Å². The van der Waals surface area contributed by atoms with E-state index in [0.717, 1.165) is 44.0 Å². The summed E-state index contributed by atoms with van der Waals surface area (Å²) in [6, 6.07) is 5.73. The van der Waals surface area contributed by atoms with Gasteiger partial charge in [0.1, 0.15) is 11.8 Å². The summed E-state index contributed by atoms with van der Waals surface area (Å²) in [6.45, 7) is 10.8. The number of ketones is 1. The van der Waals surface area contributed by atoms with Crippen molar-refractivity contribution < 1.29 is 63.9 Å². The van der Waals surface area contributed by atoms with Gasteiger partial charge >= 0.3 is 35.9 Å². The third-order valence-corrected chi connectivity index (χ3v) is 12.3. The molecule has 1 aliphatic heterocycles. The predicted molar refractivity (Wildman–Crippen MR) is 266 cm³/mol. The van der Waals surface area contributed by atoms with E-state index in [1.807, 2.05) is 34.1 Å². The van der Waals surface area contributed by atoms with E-state index in [4.69, 9.17) is 17.3 Å². The molecule has 1 heterocycles. The number of carboxylic acid groups (broad SMARTS) is 5. The summed E-state index contributed by atoms with van der Waals surface area (Å²) in [5.41, 5.74) is 1.78. The van der Waals surface area contributed by atoms with Crippen LogP contribution in [0.5, 0.6) is 0 Å². The van der Waals surface area contributed by atoms with Gasteiger partial charge in [0.05, 0.1) is 13.1 Å². The molecule has 10 N–H and O–H groups in total. The summed E-state index contributed by atoms with van der Waals surface area (Å²) in [5.74, 6) is -6.67. The van der Waals surface area contributed by atoms with E-state index in [-0.39, 0.29) is 82.9 Å². The Labute approximate surface area is 416 Å². The summed E-state index contributed by atoms with van der Waals surface area (Å²) in [6.07, 6.45) is 3.17. The summed E-state index contributed by atoms with van der Waals surface area (Å²) < 4.78 is 0. The van der Waals surface area contributed by atoms with Crippen LogP contribution >= 0.6 is 12.2 Å². The molecular formula is C47H77N9O13S. The molecule has 0 saturated carbocycles. The van der Waals surface area contributed by atoms with E-state index in [9.17, 15) is 58.8 Å². The number of benzene rings is 1. The maximum atomic E-state index is 13.0. The zero-order valence-corrected chi connectivity index (χ0v) is 41.6. The van der Waals surface area contributed by atoms with Crippen molar-refractivity contribution in [2.45, 2.75) is 109 Å². The molecule has 0 spiro atoms. The van der Waals surface area contributed by atoms with Crippen molar-refractivity contribution in [2.24, 2.45) is 5.92 Å². The monoisotopic (exact) mass is 1010 g/mol. The maximum Gasteiger partial charge on any atom is 0.326 e. The Morgan fingerprint density at radius 2 is 1.23 bits per heavy atom. The van der Waals surface area contributed by atoms with E-state index in [1.54, 1.807) is 0 Å². The van der Waals surface area contributed by atoms with Crippen LogP contribution < -0.4 is 26.6 Å². The number of rotatable bonds is 32. The van der Waals surface area contributed by atoms with Crippen LogP contribution in [0.3, 0.4) is 0 Å². The van der Waals surface area contributed by atoms with Gasteiger partial charge in [-0.1, -0.05) is 32.4 Å². The van der Waals surface area contributed by atoms with Crippen LogP contribution in [-0.2, 0) is 40.0 Å². The molecule has 0 aromatic heterocycles. The lowest BCUT2D eigenvalue weighted by Crippen LogP contribution is -2.52. The molecule has 1 fully saturated rings. The second-order valence-electron chi connectivity index (χ2n) is 17.6. The molecule has 1 saturated heterocycles. The van der Waals surface area contributed by atoms with Crippen molar-refractivity contribution in [3.63, 3.8) is 0 Å². The van der Waals surface area contributed by atoms with Crippen LogP contribution in [0.15, 0.2) is 24.3 Å². The minimum Gasteiger partial charge on any atom is -0.481 e. The Balaban J connectivity index is 1.82. The van der Waals surface area contributed by atoms with Crippen LogP contribution in [0.1, 0.15) is 96.5 Å². The molecule has 3 atom stereocenters. The number of anilines is 1. The van der Waals surface area contributed by atoms with E-state index < -0.39 is 53.7 Å². The molecule has 1 aliphatic rings. The Hall–Kier alpha value is -5.49. The molecule has 0 bridgehead atoms. The molecular weight excluding hydrogens is 931 g/mol. The number of nitrogens with one attached hydrogen (secondary N) is 5. The van der Waals surface area contributed by atoms with Crippen molar-refractivity contribution >= 4 is 70.6 Å². The van der Waals surface area contributed by atoms with Gasteiger partial charge in [-0.25, -0.2) is 9.59 Å². The van der Waals surface area contributed by atoms with E-state index >= 15 is 0 Å². The number of hydrogen-bond donors (Lipinski definition) is 10. The summed E-state index contributed by atoms with van der Waals surface area (Å²) in [7, 11) is 0. The minimum absolute atomic E-state index is 0.0189. The Morgan fingerprint density at radius 3 is 1.86 bits per heavy atom. The van der Waals surface area contributed by atoms with E-state index in [1.165, 1.54) is 0 Å². The van der Waals surface area contributed by atoms with Crippen LogP contribution in [0, 0.1) is 5.92 Å². The molecule has 22 nitrogen and oxygen atoms in total. The summed E-state index contributed by atoms with van der Waals surface area (Å²) in [4.78, 5) is 104. The smallest absolute Gasteiger partial charge is 0.326 e. The number of carboxylic acids is 5. The lowest BCUT2D eigenvalue weighted by Gasteiger charge is -2.38. The van der Waals surface area contributed by atoms with Crippen LogP contribution in [0.2, 0.25) is 0 Å². The van der Waals surface area contributed by atoms with Gasteiger partial charge in [0, 0.05) is 109 Å². The zero-order chi connectivity index (χ0) is 51.8. The van der Waals surface area contributed by atoms with Crippen LogP contribution in [-0.4, -0.2) is 202 Å². The first-order valence-electron chi connectivity index (χ1n) is 24.4. The number of unbranched alkanes of at least 4 members (excludes halogenated alkanes) is 3. The normalized spacial score (nSPS) is 16.3. The van der Waals surface area contributed by atoms with Crippen molar-refractivity contribution in [3.05, 3.63) is 29.8 Å². The first-order chi connectivity index (χ1) is 33.4. The molecule has 0 radical (unpaired) electrons. The third-order valence-electron chi connectivity index (χ3n) is 12.1. The highest BCUT2D eigenvalue weighted by Gasteiger charge is 2.27. The average Bonchev–Trinajstić information content (AvgIpc) is 3.29. The van der Waals surface area contributed by atoms with Gasteiger partial charge in [-0.15, -0.1) is 0 Å². The molecule has 2 rings (SSSR count). The lowest BCUT2D eigenvalue weighted by molar-refractivity contribution is -0.140. The van der Waals surface area contributed by atoms with Gasteiger partial charge in [-0.05, 0) is 94.4 Å². The van der Waals surface area contributed by atoms with Crippen LogP contribution in [0.4, 0.5) is 10.5 Å². The third kappa shape index (κ3) is 27.6. The maximum absolute atomic E-state index is 13.0. The SMILES string of the molecule is CCN1CCN(CC(=O)O)CCN(CC(=O)O)C(Cc2ccc(NC(=S)NCCCCCC(=O)C[C@@H](CCC(=O)O)C(=O)NCCCC[C@H](NC(=O)NCCCC(=O)O)C(=O)O)cc2)CN(CC)CC1. The largest absolute Gasteiger partial charge is 0.481 e. The standard InChI is InChI=1S/C47H77N9O13S/c1-3-53-23-25-54(4-2)31-37(56(33-43(64)65)28-27-55(26-24-53)32-42(62)63)29-34-14-17-36(18-15-34)51-47(70)50-21-8-5-6-11-38(57)30-35(16-19-41(60)61)44(66)48-20-9-7-12-39(45(67)68)52-46(69)49-22-10-13-40(58)59/h14-15,17-18,35,37,39H,3-13,16,19-33H2,1-2H3,(H,48,66)(H,58,59)(H,60,61)(H,62,63)(H,64,65)(H,67,68)(H2,49,52,69)(H2,50,51,70)/t35-,37?,39+/m1/s1. The number of carbonyl (C=O) groups excluding carboxylic acids is 3. The number of carbonyl (C=O) groups is 8. The fraction of sp³-hybridized carbons (Fsp3) is 0.681. The highest BCUT2D eigenvalue weighted by atomic mass is 32.1. The number of hydrogen-bond acceptors (Lipinski definition) is 13.